The van der Waals surface area contributed by atoms with Crippen LogP contribution in [0.5, 0.6) is 11.5 Å². The van der Waals surface area contributed by atoms with Crippen LogP contribution in [0.2, 0.25) is 0 Å². The monoisotopic (exact) mass is 1050 g/mol. The maximum Gasteiger partial charge on any atom is 0.313 e. The zero-order valence-corrected chi connectivity index (χ0v) is 38.7. The molecule has 0 amide bonds. The molecule has 6 nitrogen and oxygen atoms in total. The molecule has 0 saturated heterocycles. The number of aromatic nitrogens is 2. The maximum absolute atomic E-state index is 8.40. The molecule has 11 rings (SSSR count). The van der Waals surface area contributed by atoms with E-state index >= 15 is 0 Å². The van der Waals surface area contributed by atoms with Crippen molar-refractivity contribution in [2.24, 2.45) is 0 Å². The Morgan fingerprint density at radius 3 is 2.18 bits per heavy atom. The van der Waals surface area contributed by atoms with Gasteiger partial charge in [-0.05, 0) is 86.7 Å². The van der Waals surface area contributed by atoms with E-state index in [0.29, 0.717) is 28.4 Å². The van der Waals surface area contributed by atoms with Gasteiger partial charge >= 0.3 is 6.85 Å². The molecule has 0 atom stereocenters. The Bertz CT molecular complexity index is 3580. The first-order chi connectivity index (χ1) is 35.2. The van der Waals surface area contributed by atoms with Gasteiger partial charge in [0.25, 0.3) is 0 Å². The number of hydrogen-bond acceptors (Lipinski definition) is 5. The average molecular weight is 1050 g/mol. The van der Waals surface area contributed by atoms with Gasteiger partial charge in [-0.2, -0.15) is 12.1 Å². The van der Waals surface area contributed by atoms with Crippen LogP contribution in [-0.2, 0) is 31.9 Å². The van der Waals surface area contributed by atoms with Crippen molar-refractivity contribution in [2.75, 3.05) is 9.80 Å². The number of ether oxygens (including phenoxy) is 1. The summed E-state index contributed by atoms with van der Waals surface area (Å²) in [6, 6.07) is 53.3. The molecule has 8 heteroatoms. The molecular weight excluding hydrogens is 989 g/mol. The standard InChI is InChI=1S/C58H49BN5O.Pt/c1-57(2,3)42-27-25-41(26-28-42)55-56(49(40-17-8-7-9-18-40)38-59-32-14-15-34-63(55)59)62-39-61(51-23-12-13-24-52(51)62)44-19-16-20-45(36-44)65-46-29-30-48-47-21-10-11-22-50(47)64(53(48)37-46)54-35-43(31-33-60-54)58(4,5)6;/h7-35,38-39H,1-6H3;/q-3;/i1D3,2D3,3D3;. The van der Waals surface area contributed by atoms with Gasteiger partial charge in [0.05, 0.1) is 5.70 Å². The fourth-order valence-corrected chi connectivity index (χ4v) is 9.05. The Balaban J connectivity index is 0.00000641. The summed E-state index contributed by atoms with van der Waals surface area (Å²) in [7, 11) is 0. The van der Waals surface area contributed by atoms with Gasteiger partial charge in [0, 0.05) is 73.7 Å². The predicted octanol–water partition coefficient (Wildman–Crippen LogP) is 14.2. The summed E-state index contributed by atoms with van der Waals surface area (Å²) in [4.78, 5) is 11.1. The van der Waals surface area contributed by atoms with Crippen LogP contribution in [0.4, 0.5) is 17.1 Å². The average Bonchev–Trinajstić information content (AvgIpc) is 3.92. The van der Waals surface area contributed by atoms with Gasteiger partial charge in [0.15, 0.2) is 0 Å². The van der Waals surface area contributed by atoms with Crippen LogP contribution in [0.1, 0.15) is 75.9 Å². The Morgan fingerprint density at radius 2 is 1.39 bits per heavy atom. The topological polar surface area (TPSA) is 36.8 Å². The van der Waals surface area contributed by atoms with Crippen molar-refractivity contribution in [3.05, 3.63) is 229 Å². The summed E-state index contributed by atoms with van der Waals surface area (Å²) in [5, 5.41) is 2.10. The van der Waals surface area contributed by atoms with Crippen molar-refractivity contribution in [1.82, 2.24) is 14.4 Å². The summed E-state index contributed by atoms with van der Waals surface area (Å²) in [6.45, 7) is -1.90. The zero-order valence-electron chi connectivity index (χ0n) is 45.4. The summed E-state index contributed by atoms with van der Waals surface area (Å²) in [5.41, 5.74) is 5.73. The smallest absolute Gasteiger partial charge is 0.313 e. The van der Waals surface area contributed by atoms with E-state index < -0.39 is 26.0 Å². The molecule has 0 N–H and O–H groups in total. The Hall–Kier alpha value is -6.82. The third kappa shape index (κ3) is 7.69. The molecule has 0 aliphatic carbocycles. The third-order valence-corrected chi connectivity index (χ3v) is 12.2. The molecule has 0 radical (unpaired) electrons. The number of anilines is 3. The van der Waals surface area contributed by atoms with E-state index in [1.807, 2.05) is 127 Å². The van der Waals surface area contributed by atoms with E-state index in [2.05, 4.69) is 89.5 Å². The Labute approximate surface area is 415 Å². The van der Waals surface area contributed by atoms with Crippen LogP contribution in [0.15, 0.2) is 188 Å². The van der Waals surface area contributed by atoms with Crippen LogP contribution in [0.25, 0.3) is 38.9 Å². The van der Waals surface area contributed by atoms with Crippen LogP contribution in [-0.4, -0.2) is 21.2 Å². The van der Waals surface area contributed by atoms with Crippen molar-refractivity contribution < 1.29 is 38.1 Å². The predicted molar refractivity (Wildman–Crippen MR) is 269 cm³/mol. The van der Waals surface area contributed by atoms with Crippen LogP contribution in [0.3, 0.4) is 0 Å². The Kier molecular flexibility index (Phi) is 8.60. The van der Waals surface area contributed by atoms with Crippen molar-refractivity contribution >= 4 is 57.0 Å². The zero-order chi connectivity index (χ0) is 52.0. The molecule has 3 aliphatic rings. The second kappa shape index (κ2) is 16.9. The molecular formula is C58H49BN5OPt-3. The second-order valence-electron chi connectivity index (χ2n) is 17.5. The molecule has 6 aromatic carbocycles. The molecule has 0 fully saturated rings. The van der Waals surface area contributed by atoms with Gasteiger partial charge in [-0.3, -0.25) is 0 Å². The van der Waals surface area contributed by atoms with E-state index in [-0.39, 0.29) is 38.9 Å². The van der Waals surface area contributed by atoms with Gasteiger partial charge in [0.2, 0.25) is 0 Å². The van der Waals surface area contributed by atoms with Crippen LogP contribution < -0.4 is 14.5 Å². The minimum atomic E-state index is -3.41. The number of allylic oxidation sites excluding steroid dienone is 3. The molecule has 0 unspecified atom stereocenters. The summed E-state index contributed by atoms with van der Waals surface area (Å²) < 4.78 is 84.4. The molecule has 2 aromatic heterocycles. The van der Waals surface area contributed by atoms with E-state index in [9.17, 15) is 0 Å². The number of hydrogen-bond donors (Lipinski definition) is 0. The largest absolute Gasteiger partial charge is 0.509 e. The first-order valence-electron chi connectivity index (χ1n) is 26.2. The van der Waals surface area contributed by atoms with Gasteiger partial charge in [-0.25, -0.2) is 4.98 Å². The van der Waals surface area contributed by atoms with Crippen molar-refractivity contribution in [3.8, 4) is 17.3 Å². The number of fused-ring (bicyclic) bond motifs is 5. The molecule has 0 saturated carbocycles. The first-order valence-corrected chi connectivity index (χ1v) is 21.7. The van der Waals surface area contributed by atoms with Crippen LogP contribution >= 0.6 is 0 Å². The SMILES string of the molecule is [2H]C([2H])([2H])C(c1ccc(C2=C(N3[CH-]N(c4[c-]c(Oc5[c-]c6c(cc5)c5ccccc5n6-c5cc(C(C)(C)C)ccn5)ccc4)c4ccccc43)C(c3ccccc3)=CB3C=CC=CN32)cc1)(C([2H])([2H])[2H])C([2H])([2H])[2H].[Pt]. The Morgan fingerprint density at radius 1 is 0.652 bits per heavy atom. The molecule has 0 bridgehead atoms. The van der Waals surface area contributed by atoms with Gasteiger partial charge in [-0.1, -0.05) is 150 Å². The molecule has 8 aromatic rings. The quantitative estimate of drug-likeness (QED) is 0.117. The van der Waals surface area contributed by atoms with E-state index in [0.717, 1.165) is 61.4 Å². The first kappa shape index (κ1) is 33.6. The number of para-hydroxylation sites is 3. The summed E-state index contributed by atoms with van der Waals surface area (Å²) in [5.74, 6) is 6.02. The summed E-state index contributed by atoms with van der Waals surface area (Å²) in [6.07, 6.45) is 7.73. The third-order valence-electron chi connectivity index (χ3n) is 12.2. The van der Waals surface area contributed by atoms with E-state index in [1.54, 1.807) is 12.1 Å². The van der Waals surface area contributed by atoms with E-state index in [1.165, 1.54) is 12.1 Å². The summed E-state index contributed by atoms with van der Waals surface area (Å²) >= 11 is 0. The van der Waals surface area contributed by atoms with Crippen LogP contribution in [0, 0.1) is 18.8 Å². The minimum absolute atomic E-state index is 0. The molecule has 5 heterocycles. The van der Waals surface area contributed by atoms with Crippen molar-refractivity contribution in [2.45, 2.75) is 52.2 Å². The number of benzene rings is 6. The molecule has 66 heavy (non-hydrogen) atoms. The maximum atomic E-state index is 8.40. The number of rotatable bonds is 7. The van der Waals surface area contributed by atoms with Crippen molar-refractivity contribution in [1.29, 1.82) is 0 Å². The fraction of sp³-hybridized carbons (Fsp3) is 0.138. The molecule has 328 valence electrons. The number of pyridine rings is 1. The molecule has 0 spiro atoms. The minimum Gasteiger partial charge on any atom is -0.509 e. The van der Waals surface area contributed by atoms with Gasteiger partial charge < -0.3 is 23.9 Å². The van der Waals surface area contributed by atoms with Gasteiger partial charge in [-0.15, -0.1) is 48.1 Å². The second-order valence-corrected chi connectivity index (χ2v) is 17.5. The number of nitrogens with zero attached hydrogens (tertiary/aromatic N) is 5. The van der Waals surface area contributed by atoms with Crippen molar-refractivity contribution in [3.63, 3.8) is 0 Å². The van der Waals surface area contributed by atoms with Gasteiger partial charge in [0.1, 0.15) is 5.82 Å². The molecule has 3 aliphatic heterocycles. The normalized spacial score (nSPS) is 17.3. The van der Waals surface area contributed by atoms with E-state index in [4.69, 9.17) is 22.1 Å². The fourth-order valence-electron chi connectivity index (χ4n) is 9.05.